The number of nitrogens with one attached hydrogen (secondary N) is 2. The van der Waals surface area contributed by atoms with Crippen LogP contribution in [-0.4, -0.2) is 40.4 Å². The van der Waals surface area contributed by atoms with E-state index in [2.05, 4.69) is 15.6 Å². The van der Waals surface area contributed by atoms with Crippen LogP contribution in [-0.2, 0) is 4.74 Å². The maximum atomic E-state index is 13.1. The van der Waals surface area contributed by atoms with Crippen molar-refractivity contribution in [1.82, 2.24) is 5.32 Å². The second-order valence-electron chi connectivity index (χ2n) is 5.69. The maximum absolute atomic E-state index is 13.1. The normalized spacial score (nSPS) is 12.4. The molecule has 0 aliphatic heterocycles. The van der Waals surface area contributed by atoms with Crippen LogP contribution in [0.15, 0.2) is 47.5 Å². The summed E-state index contributed by atoms with van der Waals surface area (Å²) in [6, 6.07) is 11.8. The molecule has 2 rings (SSSR count). The van der Waals surface area contributed by atoms with Crippen molar-refractivity contribution in [1.29, 1.82) is 0 Å². The van der Waals surface area contributed by atoms with E-state index in [-0.39, 0.29) is 11.9 Å². The lowest BCUT2D eigenvalue weighted by Crippen LogP contribution is -2.31. The van der Waals surface area contributed by atoms with Gasteiger partial charge in [0.1, 0.15) is 11.9 Å². The molecule has 0 amide bonds. The highest BCUT2D eigenvalue weighted by molar-refractivity contribution is 5.93. The van der Waals surface area contributed by atoms with Crippen molar-refractivity contribution >= 4 is 11.6 Å². The second kappa shape index (κ2) is 10.4. The minimum Gasteiger partial charge on any atom is -0.493 e. The molecule has 2 N–H and O–H groups in total. The molecule has 0 aromatic heterocycles. The molecular weight excluding hydrogens is 349 g/mol. The Labute approximate surface area is 159 Å². The molecule has 0 radical (unpaired) electrons. The van der Waals surface area contributed by atoms with Gasteiger partial charge in [0.05, 0.1) is 20.8 Å². The summed E-state index contributed by atoms with van der Waals surface area (Å²) in [5.74, 6) is 1.61. The van der Waals surface area contributed by atoms with Crippen LogP contribution in [0, 0.1) is 5.82 Å². The lowest BCUT2D eigenvalue weighted by molar-refractivity contribution is 0.111. The number of rotatable bonds is 8. The van der Waals surface area contributed by atoms with E-state index in [1.54, 1.807) is 33.5 Å². The van der Waals surface area contributed by atoms with Crippen LogP contribution in [0.3, 0.4) is 0 Å². The largest absolute Gasteiger partial charge is 0.493 e. The Hall–Kier alpha value is -2.80. The molecule has 7 heteroatoms. The van der Waals surface area contributed by atoms with Gasteiger partial charge in [0.15, 0.2) is 17.5 Å². The number of hydrogen-bond donors (Lipinski definition) is 2. The fourth-order valence-corrected chi connectivity index (χ4v) is 2.53. The number of nitrogens with zero attached hydrogens (tertiary/aromatic N) is 1. The summed E-state index contributed by atoms with van der Waals surface area (Å²) in [5.41, 5.74) is 1.67. The van der Waals surface area contributed by atoms with E-state index in [0.717, 1.165) is 11.3 Å². The Morgan fingerprint density at radius 3 is 2.33 bits per heavy atom. The van der Waals surface area contributed by atoms with Crippen LogP contribution in [0.2, 0.25) is 0 Å². The van der Waals surface area contributed by atoms with Crippen LogP contribution in [0.25, 0.3) is 0 Å². The zero-order chi connectivity index (χ0) is 19.6. The van der Waals surface area contributed by atoms with Crippen LogP contribution >= 0.6 is 0 Å². The van der Waals surface area contributed by atoms with Gasteiger partial charge >= 0.3 is 0 Å². The standard InChI is InChI=1S/C20H26FN3O3/c1-5-22-20(24-16-10-11-17(25-2)18(12-16)26-3)23-13-19(27-4)14-6-8-15(21)9-7-14/h6-12,19H,5,13H2,1-4H3,(H2,22,23,24). The molecule has 0 saturated carbocycles. The van der Waals surface area contributed by atoms with Gasteiger partial charge in [-0.3, -0.25) is 0 Å². The highest BCUT2D eigenvalue weighted by Crippen LogP contribution is 2.29. The van der Waals surface area contributed by atoms with E-state index in [4.69, 9.17) is 14.2 Å². The zero-order valence-electron chi connectivity index (χ0n) is 16.1. The lowest BCUT2D eigenvalue weighted by Gasteiger charge is -2.16. The monoisotopic (exact) mass is 375 g/mol. The summed E-state index contributed by atoms with van der Waals surface area (Å²) in [4.78, 5) is 4.58. The summed E-state index contributed by atoms with van der Waals surface area (Å²) in [6.45, 7) is 3.07. The Bertz CT molecular complexity index is 751. The number of halogens is 1. The van der Waals surface area contributed by atoms with Crippen LogP contribution < -0.4 is 20.1 Å². The Morgan fingerprint density at radius 1 is 1.04 bits per heavy atom. The van der Waals surface area contributed by atoms with E-state index >= 15 is 0 Å². The van der Waals surface area contributed by atoms with Crippen LogP contribution in [0.5, 0.6) is 11.5 Å². The fourth-order valence-electron chi connectivity index (χ4n) is 2.53. The minimum absolute atomic E-state index is 0.272. The molecule has 1 unspecified atom stereocenters. The van der Waals surface area contributed by atoms with Crippen molar-refractivity contribution in [3.63, 3.8) is 0 Å². The molecular formula is C20H26FN3O3. The van der Waals surface area contributed by atoms with Gasteiger partial charge in [0.25, 0.3) is 0 Å². The lowest BCUT2D eigenvalue weighted by atomic mass is 10.1. The van der Waals surface area contributed by atoms with Gasteiger partial charge in [-0.25, -0.2) is 9.38 Å². The van der Waals surface area contributed by atoms with Crippen molar-refractivity contribution in [2.24, 2.45) is 4.99 Å². The maximum Gasteiger partial charge on any atom is 0.195 e. The molecule has 6 nitrogen and oxygen atoms in total. The molecule has 0 fully saturated rings. The molecule has 0 saturated heterocycles. The first kappa shape index (κ1) is 20.5. The summed E-state index contributed by atoms with van der Waals surface area (Å²) < 4.78 is 29.2. The third kappa shape index (κ3) is 5.86. The molecule has 0 heterocycles. The minimum atomic E-state index is -0.277. The first-order valence-corrected chi connectivity index (χ1v) is 8.66. The van der Waals surface area contributed by atoms with E-state index in [1.807, 2.05) is 25.1 Å². The van der Waals surface area contributed by atoms with E-state index in [9.17, 15) is 4.39 Å². The predicted octanol–water partition coefficient (Wildman–Crippen LogP) is 3.61. The molecule has 146 valence electrons. The van der Waals surface area contributed by atoms with Crippen molar-refractivity contribution < 1.29 is 18.6 Å². The molecule has 0 bridgehead atoms. The number of anilines is 1. The number of aliphatic imine (C=N–C) groups is 1. The van der Waals surface area contributed by atoms with Gasteiger partial charge in [-0.05, 0) is 36.8 Å². The molecule has 2 aromatic carbocycles. The van der Waals surface area contributed by atoms with Gasteiger partial charge in [-0.2, -0.15) is 0 Å². The second-order valence-corrected chi connectivity index (χ2v) is 5.69. The number of hydrogen-bond acceptors (Lipinski definition) is 4. The topological polar surface area (TPSA) is 64.1 Å². The highest BCUT2D eigenvalue weighted by atomic mass is 19.1. The molecule has 0 aliphatic carbocycles. The van der Waals surface area contributed by atoms with E-state index in [0.29, 0.717) is 30.5 Å². The van der Waals surface area contributed by atoms with Crippen molar-refractivity contribution in [2.75, 3.05) is 39.7 Å². The first-order chi connectivity index (χ1) is 13.1. The average Bonchev–Trinajstić information content (AvgIpc) is 2.69. The zero-order valence-corrected chi connectivity index (χ0v) is 16.1. The quantitative estimate of drug-likeness (QED) is 0.545. The summed E-state index contributed by atoms with van der Waals surface area (Å²) in [5, 5.41) is 6.42. The van der Waals surface area contributed by atoms with Crippen molar-refractivity contribution in [2.45, 2.75) is 13.0 Å². The Kier molecular flexibility index (Phi) is 7.88. The molecule has 1 atom stereocenters. The summed E-state index contributed by atoms with van der Waals surface area (Å²) >= 11 is 0. The van der Waals surface area contributed by atoms with Gasteiger partial charge in [-0.15, -0.1) is 0 Å². The van der Waals surface area contributed by atoms with E-state index in [1.165, 1.54) is 12.1 Å². The highest BCUT2D eigenvalue weighted by Gasteiger charge is 2.11. The van der Waals surface area contributed by atoms with Gasteiger partial charge in [0, 0.05) is 25.4 Å². The Morgan fingerprint density at radius 2 is 1.74 bits per heavy atom. The van der Waals surface area contributed by atoms with Crippen LogP contribution in [0.1, 0.15) is 18.6 Å². The summed E-state index contributed by atoms with van der Waals surface area (Å²) in [7, 11) is 4.79. The van der Waals surface area contributed by atoms with Crippen molar-refractivity contribution in [3.8, 4) is 11.5 Å². The molecule has 0 spiro atoms. The SMILES string of the molecule is CCNC(=NCC(OC)c1ccc(F)cc1)Nc1ccc(OC)c(OC)c1. The number of ether oxygens (including phenoxy) is 3. The Balaban J connectivity index is 2.14. The molecule has 2 aromatic rings. The smallest absolute Gasteiger partial charge is 0.195 e. The molecule has 0 aliphatic rings. The van der Waals surface area contributed by atoms with Gasteiger partial charge in [-0.1, -0.05) is 12.1 Å². The third-order valence-corrected chi connectivity index (χ3v) is 3.93. The molecule has 27 heavy (non-hydrogen) atoms. The number of benzene rings is 2. The predicted molar refractivity (Wildman–Crippen MR) is 105 cm³/mol. The van der Waals surface area contributed by atoms with Crippen molar-refractivity contribution in [3.05, 3.63) is 53.8 Å². The van der Waals surface area contributed by atoms with Gasteiger partial charge in [0.2, 0.25) is 0 Å². The van der Waals surface area contributed by atoms with Gasteiger partial charge < -0.3 is 24.8 Å². The summed E-state index contributed by atoms with van der Waals surface area (Å²) in [6.07, 6.45) is -0.272. The van der Waals surface area contributed by atoms with Crippen LogP contribution in [0.4, 0.5) is 10.1 Å². The first-order valence-electron chi connectivity index (χ1n) is 8.66. The van der Waals surface area contributed by atoms with E-state index < -0.39 is 0 Å². The third-order valence-electron chi connectivity index (χ3n) is 3.93. The fraction of sp³-hybridized carbons (Fsp3) is 0.350. The average molecular weight is 375 g/mol. The number of guanidine groups is 1. The number of methoxy groups -OCH3 is 3.